The van der Waals surface area contributed by atoms with Gasteiger partial charge < -0.3 is 10.8 Å². The van der Waals surface area contributed by atoms with Crippen LogP contribution < -0.4 is 5.73 Å². The summed E-state index contributed by atoms with van der Waals surface area (Å²) in [4.78, 5) is 10.3. The molecule has 0 bridgehead atoms. The molecule has 66 valence electrons. The van der Waals surface area contributed by atoms with Gasteiger partial charge in [-0.1, -0.05) is 6.92 Å². The number of carbonyl (C=O) groups excluding carboxylic acids is 1. The summed E-state index contributed by atoms with van der Waals surface area (Å²) < 4.78 is 0. The lowest BCUT2D eigenvalue weighted by Gasteiger charge is -2.12. The molecule has 0 spiro atoms. The van der Waals surface area contributed by atoms with Crippen LogP contribution in [0, 0.1) is 0 Å². The number of aliphatic hydroxyl groups excluding tert-OH is 1. The van der Waals surface area contributed by atoms with E-state index in [1.807, 2.05) is 6.92 Å². The van der Waals surface area contributed by atoms with Crippen molar-refractivity contribution in [3.8, 4) is 0 Å². The van der Waals surface area contributed by atoms with E-state index in [0.29, 0.717) is 12.2 Å². The van der Waals surface area contributed by atoms with Gasteiger partial charge in [-0.3, -0.25) is 4.79 Å². The van der Waals surface area contributed by atoms with Crippen molar-refractivity contribution in [2.45, 2.75) is 31.6 Å². The molecule has 0 aliphatic rings. The maximum atomic E-state index is 10.3. The third-order valence-corrected chi connectivity index (χ3v) is 2.77. The van der Waals surface area contributed by atoms with Crippen molar-refractivity contribution >= 4 is 17.7 Å². The van der Waals surface area contributed by atoms with Crippen LogP contribution in [0.2, 0.25) is 0 Å². The predicted octanol–water partition coefficient (Wildman–Crippen LogP) is 0.364. The van der Waals surface area contributed by atoms with E-state index in [0.717, 1.165) is 0 Å². The third-order valence-electron chi connectivity index (χ3n) is 1.41. The lowest BCUT2D eigenvalue weighted by Crippen LogP contribution is -2.17. The van der Waals surface area contributed by atoms with Gasteiger partial charge in [0, 0.05) is 17.4 Å². The second kappa shape index (κ2) is 5.43. The van der Waals surface area contributed by atoms with Crippen LogP contribution in [-0.4, -0.2) is 28.1 Å². The minimum atomic E-state index is -0.326. The fourth-order valence-corrected chi connectivity index (χ4v) is 1.45. The Balaban J connectivity index is 3.31. The number of rotatable bonds is 5. The molecular weight excluding hydrogens is 162 g/mol. The van der Waals surface area contributed by atoms with Gasteiger partial charge in [0.2, 0.25) is 5.91 Å². The smallest absolute Gasteiger partial charge is 0.218 e. The number of thioether (sulfide) groups is 1. The Kier molecular flexibility index (Phi) is 5.32. The normalized spacial score (nSPS) is 15.9. The summed E-state index contributed by atoms with van der Waals surface area (Å²) in [5.41, 5.74) is 4.94. The summed E-state index contributed by atoms with van der Waals surface area (Å²) in [5, 5.41) is 9.22. The zero-order valence-corrected chi connectivity index (χ0v) is 7.73. The van der Waals surface area contributed by atoms with Crippen molar-refractivity contribution in [2.75, 3.05) is 5.75 Å². The molecule has 0 saturated heterocycles. The Morgan fingerprint density at radius 2 is 2.18 bits per heavy atom. The number of hydrogen-bond acceptors (Lipinski definition) is 3. The number of primary amides is 1. The summed E-state index contributed by atoms with van der Waals surface area (Å²) in [6.45, 7) is 3.66. The summed E-state index contributed by atoms with van der Waals surface area (Å²) in [6, 6.07) is 0. The van der Waals surface area contributed by atoms with Gasteiger partial charge >= 0.3 is 0 Å². The zero-order chi connectivity index (χ0) is 8.85. The standard InChI is InChI=1S/C7H15NO2S/c1-5(9)6(2)11-4-3-7(8)10/h5-6,9H,3-4H2,1-2H3,(H2,8,10). The molecule has 0 aromatic carbocycles. The molecule has 0 aliphatic heterocycles. The fraction of sp³-hybridized carbons (Fsp3) is 0.857. The van der Waals surface area contributed by atoms with Gasteiger partial charge in [0.25, 0.3) is 0 Å². The molecule has 2 unspecified atom stereocenters. The molecule has 0 rings (SSSR count). The monoisotopic (exact) mass is 177 g/mol. The number of aliphatic hydroxyl groups is 1. The average Bonchev–Trinajstić information content (AvgIpc) is 1.86. The van der Waals surface area contributed by atoms with Gasteiger partial charge in [-0.25, -0.2) is 0 Å². The molecule has 1 amide bonds. The van der Waals surface area contributed by atoms with Gasteiger partial charge in [-0.2, -0.15) is 11.8 Å². The SMILES string of the molecule is CC(O)C(C)SCCC(N)=O. The van der Waals surface area contributed by atoms with Gasteiger partial charge in [-0.15, -0.1) is 0 Å². The maximum Gasteiger partial charge on any atom is 0.218 e. The highest BCUT2D eigenvalue weighted by molar-refractivity contribution is 7.99. The molecule has 0 fully saturated rings. The van der Waals surface area contributed by atoms with Crippen molar-refractivity contribution in [1.82, 2.24) is 0 Å². The number of carbonyl (C=O) groups is 1. The summed E-state index contributed by atoms with van der Waals surface area (Å²) in [5.74, 6) is 0.414. The second-order valence-electron chi connectivity index (χ2n) is 2.53. The van der Waals surface area contributed by atoms with Gasteiger partial charge in [0.1, 0.15) is 0 Å². The molecule has 3 nitrogen and oxygen atoms in total. The fourth-order valence-electron chi connectivity index (χ4n) is 0.485. The first kappa shape index (κ1) is 10.8. The van der Waals surface area contributed by atoms with Crippen LogP contribution in [-0.2, 0) is 4.79 Å². The first-order valence-corrected chi connectivity index (χ1v) is 4.67. The molecule has 0 aromatic heterocycles. The van der Waals surface area contributed by atoms with E-state index in [1.165, 1.54) is 0 Å². The van der Waals surface area contributed by atoms with Crippen LogP contribution in [0.4, 0.5) is 0 Å². The quantitative estimate of drug-likeness (QED) is 0.637. The highest BCUT2D eigenvalue weighted by atomic mass is 32.2. The number of amides is 1. The van der Waals surface area contributed by atoms with E-state index < -0.39 is 0 Å². The molecule has 2 atom stereocenters. The molecule has 0 radical (unpaired) electrons. The van der Waals surface area contributed by atoms with Gasteiger partial charge in [-0.05, 0) is 6.92 Å². The molecule has 4 heteroatoms. The van der Waals surface area contributed by atoms with Gasteiger partial charge in [0.15, 0.2) is 0 Å². The maximum absolute atomic E-state index is 10.3. The lowest BCUT2D eigenvalue weighted by atomic mass is 10.3. The highest BCUT2D eigenvalue weighted by Gasteiger charge is 2.08. The van der Waals surface area contributed by atoms with Crippen molar-refractivity contribution in [3.63, 3.8) is 0 Å². The number of nitrogens with two attached hydrogens (primary N) is 1. The minimum Gasteiger partial charge on any atom is -0.392 e. The Morgan fingerprint density at radius 3 is 2.55 bits per heavy atom. The van der Waals surface area contributed by atoms with E-state index in [-0.39, 0.29) is 17.3 Å². The van der Waals surface area contributed by atoms with Crippen LogP contribution in [0.15, 0.2) is 0 Å². The Bertz CT molecular complexity index is 128. The minimum absolute atomic E-state index is 0.175. The molecule has 0 aliphatic carbocycles. The molecule has 0 aromatic rings. The second-order valence-corrected chi connectivity index (χ2v) is 4.02. The van der Waals surface area contributed by atoms with E-state index in [4.69, 9.17) is 10.8 Å². The Hall–Kier alpha value is -0.220. The first-order chi connectivity index (χ1) is 5.04. The van der Waals surface area contributed by atoms with Crippen LogP contribution in [0.25, 0.3) is 0 Å². The zero-order valence-electron chi connectivity index (χ0n) is 6.91. The number of hydrogen-bond donors (Lipinski definition) is 2. The van der Waals surface area contributed by atoms with Gasteiger partial charge in [0.05, 0.1) is 6.10 Å². The predicted molar refractivity (Wildman–Crippen MR) is 47.4 cm³/mol. The van der Waals surface area contributed by atoms with Crippen molar-refractivity contribution in [2.24, 2.45) is 5.73 Å². The van der Waals surface area contributed by atoms with Crippen LogP contribution >= 0.6 is 11.8 Å². The van der Waals surface area contributed by atoms with E-state index in [2.05, 4.69) is 0 Å². The van der Waals surface area contributed by atoms with Crippen molar-refractivity contribution < 1.29 is 9.90 Å². The molecular formula is C7H15NO2S. The first-order valence-electron chi connectivity index (χ1n) is 3.62. The topological polar surface area (TPSA) is 63.3 Å². The van der Waals surface area contributed by atoms with E-state index in [9.17, 15) is 4.79 Å². The lowest BCUT2D eigenvalue weighted by molar-refractivity contribution is -0.117. The summed E-state index contributed by atoms with van der Waals surface area (Å²) >= 11 is 1.56. The average molecular weight is 177 g/mol. The molecule has 3 N–H and O–H groups in total. The van der Waals surface area contributed by atoms with Crippen LogP contribution in [0.5, 0.6) is 0 Å². The van der Waals surface area contributed by atoms with Crippen LogP contribution in [0.3, 0.4) is 0 Å². The summed E-state index contributed by atoms with van der Waals surface area (Å²) in [6.07, 6.45) is 0.0646. The molecule has 11 heavy (non-hydrogen) atoms. The Morgan fingerprint density at radius 1 is 1.64 bits per heavy atom. The van der Waals surface area contributed by atoms with Crippen molar-refractivity contribution in [3.05, 3.63) is 0 Å². The highest BCUT2D eigenvalue weighted by Crippen LogP contribution is 2.14. The van der Waals surface area contributed by atoms with E-state index in [1.54, 1.807) is 18.7 Å². The Labute approximate surface area is 71.3 Å². The summed E-state index contributed by atoms with van der Waals surface area (Å²) in [7, 11) is 0. The third kappa shape index (κ3) is 6.19. The van der Waals surface area contributed by atoms with E-state index >= 15 is 0 Å². The van der Waals surface area contributed by atoms with Crippen molar-refractivity contribution in [1.29, 1.82) is 0 Å². The molecule has 0 heterocycles. The largest absolute Gasteiger partial charge is 0.392 e. The molecule has 0 saturated carbocycles. The van der Waals surface area contributed by atoms with Crippen LogP contribution in [0.1, 0.15) is 20.3 Å².